The summed E-state index contributed by atoms with van der Waals surface area (Å²) in [6.45, 7) is 4.20. The lowest BCUT2D eigenvalue weighted by Gasteiger charge is -2.20. The second-order valence-corrected chi connectivity index (χ2v) is 16.9. The minimum absolute atomic E-state index is 0.0666. The number of nitrogens with one attached hydrogen (secondary N) is 1. The zero-order valence-corrected chi connectivity index (χ0v) is 38.5. The largest absolute Gasteiger partial charge is 0.394 e. The van der Waals surface area contributed by atoms with Gasteiger partial charge in [-0.15, -0.1) is 0 Å². The van der Waals surface area contributed by atoms with Gasteiger partial charge in [-0.3, -0.25) is 4.79 Å². The summed E-state index contributed by atoms with van der Waals surface area (Å²) in [5.41, 5.74) is 0. The zero-order valence-electron chi connectivity index (χ0n) is 38.5. The number of hydrogen-bond acceptors (Lipinski definition) is 3. The van der Waals surface area contributed by atoms with Crippen LogP contribution in [0.1, 0.15) is 245 Å². The summed E-state index contributed by atoms with van der Waals surface area (Å²) in [4.78, 5) is 12.4. The molecule has 4 heteroatoms. The van der Waals surface area contributed by atoms with Crippen molar-refractivity contribution in [3.05, 3.63) is 72.9 Å². The van der Waals surface area contributed by atoms with Crippen LogP contribution in [-0.2, 0) is 4.79 Å². The molecular formula is C54H97NO3. The molecule has 0 heterocycles. The first kappa shape index (κ1) is 55.8. The van der Waals surface area contributed by atoms with Gasteiger partial charge in [-0.1, -0.05) is 247 Å². The van der Waals surface area contributed by atoms with Crippen LogP contribution in [0.4, 0.5) is 0 Å². The van der Waals surface area contributed by atoms with Crippen LogP contribution in [0.5, 0.6) is 0 Å². The van der Waals surface area contributed by atoms with E-state index < -0.39 is 12.1 Å². The zero-order chi connectivity index (χ0) is 42.1. The highest BCUT2D eigenvalue weighted by Gasteiger charge is 2.18. The number of aliphatic hydroxyl groups excluding tert-OH is 2. The quantitative estimate of drug-likeness (QED) is 0.0424. The third kappa shape index (κ3) is 44.9. The molecule has 336 valence electrons. The van der Waals surface area contributed by atoms with Gasteiger partial charge < -0.3 is 15.5 Å². The maximum atomic E-state index is 12.4. The number of carbonyl (C=O) groups is 1. The molecule has 0 spiro atoms. The average Bonchev–Trinajstić information content (AvgIpc) is 3.23. The standard InChI is InChI=1S/C54H97NO3/c1-3-5-7-9-11-13-15-17-19-21-22-23-24-25-26-27-28-29-30-31-32-34-36-38-40-42-44-46-48-50-54(58)55-52(51-56)53(57)49-47-45-43-41-39-37-35-33-20-18-16-14-12-10-8-6-4-2/h5,7,11,13,17,19,22-23,25-26,47,49,52-53,56-57H,3-4,6,8-10,12,14-16,18,20-21,24,27-46,48,50-51H2,1-2H3,(H,55,58)/b7-5-,13-11-,19-17-,23-22-,26-25-,49-47+. The van der Waals surface area contributed by atoms with Crippen LogP contribution in [0.2, 0.25) is 0 Å². The van der Waals surface area contributed by atoms with Crippen molar-refractivity contribution in [1.29, 1.82) is 0 Å². The molecule has 0 aliphatic rings. The van der Waals surface area contributed by atoms with E-state index in [1.165, 1.54) is 167 Å². The van der Waals surface area contributed by atoms with Gasteiger partial charge in [0.25, 0.3) is 0 Å². The first-order valence-electron chi connectivity index (χ1n) is 25.2. The molecule has 0 aromatic rings. The summed E-state index contributed by atoms with van der Waals surface area (Å²) in [7, 11) is 0. The topological polar surface area (TPSA) is 69.6 Å². The molecule has 0 aliphatic carbocycles. The number of unbranched alkanes of at least 4 members (excludes halogenated alkanes) is 28. The van der Waals surface area contributed by atoms with Crippen molar-refractivity contribution >= 4 is 5.91 Å². The van der Waals surface area contributed by atoms with Crippen LogP contribution in [-0.4, -0.2) is 34.9 Å². The summed E-state index contributed by atoms with van der Waals surface area (Å²) in [5, 5.41) is 23.1. The molecule has 0 aromatic heterocycles. The molecule has 0 saturated carbocycles. The van der Waals surface area contributed by atoms with E-state index in [1.54, 1.807) is 6.08 Å². The predicted molar refractivity (Wildman–Crippen MR) is 257 cm³/mol. The van der Waals surface area contributed by atoms with Crippen molar-refractivity contribution in [2.24, 2.45) is 0 Å². The van der Waals surface area contributed by atoms with Crippen LogP contribution in [0.25, 0.3) is 0 Å². The van der Waals surface area contributed by atoms with Gasteiger partial charge in [0.1, 0.15) is 0 Å². The summed E-state index contributed by atoms with van der Waals surface area (Å²) >= 11 is 0. The Balaban J connectivity index is 3.54. The molecule has 0 fully saturated rings. The van der Waals surface area contributed by atoms with Crippen LogP contribution in [0.15, 0.2) is 72.9 Å². The molecule has 0 bridgehead atoms. The van der Waals surface area contributed by atoms with Crippen LogP contribution >= 0.6 is 0 Å². The van der Waals surface area contributed by atoms with Crippen molar-refractivity contribution in [2.75, 3.05) is 6.61 Å². The molecule has 0 aromatic carbocycles. The molecule has 0 aliphatic heterocycles. The maximum Gasteiger partial charge on any atom is 0.220 e. The molecule has 3 N–H and O–H groups in total. The fourth-order valence-electron chi connectivity index (χ4n) is 7.38. The monoisotopic (exact) mass is 808 g/mol. The first-order chi connectivity index (χ1) is 28.7. The molecule has 0 radical (unpaired) electrons. The molecule has 2 atom stereocenters. The Morgan fingerprint density at radius 1 is 0.431 bits per heavy atom. The van der Waals surface area contributed by atoms with Gasteiger partial charge in [-0.05, 0) is 64.2 Å². The number of carbonyl (C=O) groups excluding carboxylic acids is 1. The van der Waals surface area contributed by atoms with E-state index in [4.69, 9.17) is 0 Å². The molecule has 1 amide bonds. The lowest BCUT2D eigenvalue weighted by atomic mass is 10.0. The highest BCUT2D eigenvalue weighted by Crippen LogP contribution is 2.16. The minimum Gasteiger partial charge on any atom is -0.394 e. The number of allylic oxidation sites excluding steroid dienone is 11. The van der Waals surface area contributed by atoms with E-state index in [2.05, 4.69) is 79.9 Å². The van der Waals surface area contributed by atoms with Crippen molar-refractivity contribution in [3.8, 4) is 0 Å². The normalized spacial score (nSPS) is 13.5. The fraction of sp³-hybridized carbons (Fsp3) is 0.759. The van der Waals surface area contributed by atoms with E-state index in [0.717, 1.165) is 57.8 Å². The predicted octanol–water partition coefficient (Wildman–Crippen LogP) is 16.2. The molecule has 0 rings (SSSR count). The van der Waals surface area contributed by atoms with Gasteiger partial charge in [0.15, 0.2) is 0 Å². The van der Waals surface area contributed by atoms with E-state index in [9.17, 15) is 15.0 Å². The number of aliphatic hydroxyl groups is 2. The number of rotatable bonds is 45. The van der Waals surface area contributed by atoms with Crippen LogP contribution in [0.3, 0.4) is 0 Å². The lowest BCUT2D eigenvalue weighted by molar-refractivity contribution is -0.123. The van der Waals surface area contributed by atoms with Gasteiger partial charge in [-0.25, -0.2) is 0 Å². The van der Waals surface area contributed by atoms with Crippen LogP contribution < -0.4 is 5.32 Å². The van der Waals surface area contributed by atoms with Gasteiger partial charge >= 0.3 is 0 Å². The first-order valence-corrected chi connectivity index (χ1v) is 25.2. The highest BCUT2D eigenvalue weighted by atomic mass is 16.3. The highest BCUT2D eigenvalue weighted by molar-refractivity contribution is 5.76. The molecule has 0 saturated heterocycles. The van der Waals surface area contributed by atoms with Crippen molar-refractivity contribution in [1.82, 2.24) is 5.32 Å². The molecular weight excluding hydrogens is 711 g/mol. The fourth-order valence-corrected chi connectivity index (χ4v) is 7.38. The van der Waals surface area contributed by atoms with Gasteiger partial charge in [0.2, 0.25) is 5.91 Å². The summed E-state index contributed by atoms with van der Waals surface area (Å²) in [5.74, 6) is -0.0666. The van der Waals surface area contributed by atoms with Crippen molar-refractivity contribution < 1.29 is 15.0 Å². The average molecular weight is 808 g/mol. The molecule has 4 nitrogen and oxygen atoms in total. The Kier molecular flexibility index (Phi) is 47.4. The van der Waals surface area contributed by atoms with Crippen molar-refractivity contribution in [3.63, 3.8) is 0 Å². The minimum atomic E-state index is -0.842. The maximum absolute atomic E-state index is 12.4. The van der Waals surface area contributed by atoms with Crippen molar-refractivity contribution in [2.45, 2.75) is 257 Å². The Bertz CT molecular complexity index is 1010. The van der Waals surface area contributed by atoms with Gasteiger partial charge in [-0.2, -0.15) is 0 Å². The second-order valence-electron chi connectivity index (χ2n) is 16.9. The third-order valence-electron chi connectivity index (χ3n) is 11.2. The van der Waals surface area contributed by atoms with E-state index in [-0.39, 0.29) is 12.5 Å². The number of hydrogen-bond donors (Lipinski definition) is 3. The van der Waals surface area contributed by atoms with E-state index in [1.807, 2.05) is 6.08 Å². The summed E-state index contributed by atoms with van der Waals surface area (Å²) in [6.07, 6.45) is 70.3. The lowest BCUT2D eigenvalue weighted by Crippen LogP contribution is -2.45. The van der Waals surface area contributed by atoms with Gasteiger partial charge in [0.05, 0.1) is 18.8 Å². The Morgan fingerprint density at radius 2 is 0.759 bits per heavy atom. The summed E-state index contributed by atoms with van der Waals surface area (Å²) in [6, 6.07) is -0.626. The summed E-state index contributed by atoms with van der Waals surface area (Å²) < 4.78 is 0. The second kappa shape index (κ2) is 49.2. The molecule has 58 heavy (non-hydrogen) atoms. The Morgan fingerprint density at radius 3 is 1.14 bits per heavy atom. The molecule has 2 unspecified atom stereocenters. The third-order valence-corrected chi connectivity index (χ3v) is 11.2. The SMILES string of the molecule is CC/C=C\C/C=C\C/C=C\C/C=C\C/C=C\CCCCCCCCCCCCCCCC(=O)NC(CO)C(O)/C=C/CCCCCCCCCCCCCCCCC. The van der Waals surface area contributed by atoms with Crippen LogP contribution in [0, 0.1) is 0 Å². The smallest absolute Gasteiger partial charge is 0.220 e. The van der Waals surface area contributed by atoms with E-state index >= 15 is 0 Å². The van der Waals surface area contributed by atoms with E-state index in [0.29, 0.717) is 6.42 Å². The number of amides is 1. The van der Waals surface area contributed by atoms with Gasteiger partial charge in [0, 0.05) is 6.42 Å². The Labute approximate surface area is 361 Å². The Hall–Kier alpha value is -2.17.